The lowest BCUT2D eigenvalue weighted by molar-refractivity contribution is -0.122. The van der Waals surface area contributed by atoms with Crippen LogP contribution >= 0.6 is 0 Å². The fourth-order valence-corrected chi connectivity index (χ4v) is 2.47. The molecule has 0 radical (unpaired) electrons. The minimum absolute atomic E-state index is 0.0604. The quantitative estimate of drug-likeness (QED) is 0.756. The first-order valence-electron chi connectivity index (χ1n) is 8.68. The average Bonchev–Trinajstić information content (AvgIpc) is 2.52. The van der Waals surface area contributed by atoms with Crippen LogP contribution in [0.15, 0.2) is 9.59 Å². The van der Waals surface area contributed by atoms with Gasteiger partial charge in [-0.1, -0.05) is 41.0 Å². The van der Waals surface area contributed by atoms with Gasteiger partial charge in [-0.25, -0.2) is 4.79 Å². The van der Waals surface area contributed by atoms with Crippen molar-refractivity contribution in [1.29, 1.82) is 0 Å². The SMILES string of the molecule is CCCCN(C(=O)C(C)CC)c1c(N)n(CC(C)C)c(=O)[nH]c1=O. The van der Waals surface area contributed by atoms with Gasteiger partial charge >= 0.3 is 5.69 Å². The van der Waals surface area contributed by atoms with Crippen molar-refractivity contribution >= 4 is 17.4 Å². The van der Waals surface area contributed by atoms with Crippen LogP contribution in [0.2, 0.25) is 0 Å². The summed E-state index contributed by atoms with van der Waals surface area (Å²) in [5, 5.41) is 0. The van der Waals surface area contributed by atoms with Crippen molar-refractivity contribution in [3.8, 4) is 0 Å². The number of aromatic amines is 1. The standard InChI is InChI=1S/C17H30N4O3/c1-6-8-9-20(16(23)12(5)7-2)13-14(18)21(10-11(3)4)17(24)19-15(13)22/h11-12H,6-10,18H2,1-5H3,(H,19,22,24). The van der Waals surface area contributed by atoms with E-state index >= 15 is 0 Å². The summed E-state index contributed by atoms with van der Waals surface area (Å²) in [5.74, 6) is -0.118. The molecule has 7 heteroatoms. The molecule has 1 amide bonds. The van der Waals surface area contributed by atoms with Crippen molar-refractivity contribution < 1.29 is 4.79 Å². The number of anilines is 2. The molecule has 0 aliphatic heterocycles. The topological polar surface area (TPSA) is 101 Å². The number of carbonyl (C=O) groups is 1. The van der Waals surface area contributed by atoms with Gasteiger partial charge in [0.25, 0.3) is 5.56 Å². The van der Waals surface area contributed by atoms with Gasteiger partial charge in [-0.3, -0.25) is 19.1 Å². The van der Waals surface area contributed by atoms with Gasteiger partial charge in [0.15, 0.2) is 5.69 Å². The van der Waals surface area contributed by atoms with E-state index < -0.39 is 11.2 Å². The first-order chi connectivity index (χ1) is 11.2. The number of nitrogens with zero attached hydrogens (tertiary/aromatic N) is 2. The van der Waals surface area contributed by atoms with Crippen LogP contribution in [0.5, 0.6) is 0 Å². The molecule has 7 nitrogen and oxygen atoms in total. The van der Waals surface area contributed by atoms with E-state index in [9.17, 15) is 14.4 Å². The van der Waals surface area contributed by atoms with Gasteiger partial charge in [-0.05, 0) is 18.8 Å². The Labute approximate surface area is 142 Å². The molecule has 0 aromatic carbocycles. The van der Waals surface area contributed by atoms with Gasteiger partial charge in [0.05, 0.1) is 0 Å². The first-order valence-corrected chi connectivity index (χ1v) is 8.68. The van der Waals surface area contributed by atoms with Gasteiger partial charge in [-0.15, -0.1) is 0 Å². The van der Waals surface area contributed by atoms with Crippen LogP contribution in [0.1, 0.15) is 53.9 Å². The highest BCUT2D eigenvalue weighted by Crippen LogP contribution is 2.21. The number of aromatic nitrogens is 2. The maximum atomic E-state index is 12.7. The number of carbonyl (C=O) groups excluding carboxylic acids is 1. The third-order valence-electron chi connectivity index (χ3n) is 4.07. The molecule has 1 rings (SSSR count). The van der Waals surface area contributed by atoms with Crippen LogP contribution in [-0.2, 0) is 11.3 Å². The van der Waals surface area contributed by atoms with E-state index in [1.165, 1.54) is 9.47 Å². The maximum absolute atomic E-state index is 12.7. The summed E-state index contributed by atoms with van der Waals surface area (Å²) >= 11 is 0. The zero-order chi connectivity index (χ0) is 18.4. The fourth-order valence-electron chi connectivity index (χ4n) is 2.47. The Morgan fingerprint density at radius 3 is 2.38 bits per heavy atom. The van der Waals surface area contributed by atoms with Crippen LogP contribution in [-0.4, -0.2) is 22.0 Å². The number of rotatable bonds is 8. The Hall–Kier alpha value is -2.05. The van der Waals surface area contributed by atoms with E-state index in [0.717, 1.165) is 12.8 Å². The predicted octanol–water partition coefficient (Wildman–Crippen LogP) is 1.95. The lowest BCUT2D eigenvalue weighted by Gasteiger charge is -2.27. The second kappa shape index (κ2) is 8.70. The molecule has 0 bridgehead atoms. The number of nitrogens with two attached hydrogens (primary N) is 1. The van der Waals surface area contributed by atoms with Crippen molar-refractivity contribution in [1.82, 2.24) is 9.55 Å². The number of H-pyrrole nitrogens is 1. The van der Waals surface area contributed by atoms with Crippen LogP contribution in [0.25, 0.3) is 0 Å². The van der Waals surface area contributed by atoms with Crippen molar-refractivity contribution in [2.24, 2.45) is 11.8 Å². The van der Waals surface area contributed by atoms with E-state index in [1.807, 2.05) is 34.6 Å². The third kappa shape index (κ3) is 4.49. The summed E-state index contributed by atoms with van der Waals surface area (Å²) in [6, 6.07) is 0. The number of nitrogens with one attached hydrogen (secondary N) is 1. The number of amides is 1. The summed E-state index contributed by atoms with van der Waals surface area (Å²) in [6.07, 6.45) is 2.31. The van der Waals surface area contributed by atoms with Crippen LogP contribution in [0.4, 0.5) is 11.5 Å². The van der Waals surface area contributed by atoms with Crippen molar-refractivity contribution in [3.05, 3.63) is 20.8 Å². The molecule has 1 atom stereocenters. The lowest BCUT2D eigenvalue weighted by Crippen LogP contribution is -2.43. The largest absolute Gasteiger partial charge is 0.383 e. The zero-order valence-electron chi connectivity index (χ0n) is 15.4. The Kier molecular flexibility index (Phi) is 7.25. The molecule has 1 aromatic heterocycles. The predicted molar refractivity (Wildman–Crippen MR) is 97.3 cm³/mol. The number of nitrogen functional groups attached to an aromatic ring is 1. The number of hydrogen-bond acceptors (Lipinski definition) is 4. The zero-order valence-corrected chi connectivity index (χ0v) is 15.4. The van der Waals surface area contributed by atoms with E-state index in [4.69, 9.17) is 5.73 Å². The third-order valence-corrected chi connectivity index (χ3v) is 4.07. The highest BCUT2D eigenvalue weighted by molar-refractivity contribution is 5.96. The summed E-state index contributed by atoms with van der Waals surface area (Å²) in [6.45, 7) is 10.5. The van der Waals surface area contributed by atoms with Gasteiger partial charge in [0.1, 0.15) is 5.82 Å². The highest BCUT2D eigenvalue weighted by Gasteiger charge is 2.26. The highest BCUT2D eigenvalue weighted by atomic mass is 16.2. The normalized spacial score (nSPS) is 12.4. The molecule has 1 heterocycles. The number of unbranched alkanes of at least 4 members (excludes halogenated alkanes) is 1. The Morgan fingerprint density at radius 2 is 1.88 bits per heavy atom. The molecule has 0 fully saturated rings. The minimum atomic E-state index is -0.606. The van der Waals surface area contributed by atoms with Crippen molar-refractivity contribution in [2.75, 3.05) is 17.2 Å². The van der Waals surface area contributed by atoms with E-state index in [0.29, 0.717) is 19.5 Å². The molecule has 3 N–H and O–H groups in total. The van der Waals surface area contributed by atoms with Crippen molar-refractivity contribution in [2.45, 2.75) is 60.4 Å². The summed E-state index contributed by atoms with van der Waals surface area (Å²) in [4.78, 5) is 40.9. The maximum Gasteiger partial charge on any atom is 0.330 e. The lowest BCUT2D eigenvalue weighted by atomic mass is 10.1. The monoisotopic (exact) mass is 338 g/mol. The molecule has 136 valence electrons. The average molecular weight is 338 g/mol. The molecule has 1 aromatic rings. The molecule has 0 aliphatic carbocycles. The van der Waals surface area contributed by atoms with Gasteiger partial charge < -0.3 is 10.6 Å². The Morgan fingerprint density at radius 1 is 1.25 bits per heavy atom. The molecule has 0 spiro atoms. The van der Waals surface area contributed by atoms with Gasteiger partial charge in [0.2, 0.25) is 5.91 Å². The molecular weight excluding hydrogens is 308 g/mol. The summed E-state index contributed by atoms with van der Waals surface area (Å²) in [5.41, 5.74) is 5.08. The molecular formula is C17H30N4O3. The first kappa shape index (κ1) is 20.0. The van der Waals surface area contributed by atoms with E-state index in [-0.39, 0.29) is 29.2 Å². The second-order valence-electron chi connectivity index (χ2n) is 6.65. The molecule has 0 aliphatic rings. The Bertz CT molecular complexity index is 675. The van der Waals surface area contributed by atoms with Gasteiger partial charge in [-0.2, -0.15) is 0 Å². The number of hydrogen-bond donors (Lipinski definition) is 2. The van der Waals surface area contributed by atoms with E-state index in [2.05, 4.69) is 4.98 Å². The van der Waals surface area contributed by atoms with Gasteiger partial charge in [0, 0.05) is 19.0 Å². The van der Waals surface area contributed by atoms with Crippen molar-refractivity contribution in [3.63, 3.8) is 0 Å². The molecule has 24 heavy (non-hydrogen) atoms. The Balaban J connectivity index is 3.49. The fraction of sp³-hybridized carbons (Fsp3) is 0.706. The minimum Gasteiger partial charge on any atom is -0.383 e. The molecule has 0 saturated heterocycles. The summed E-state index contributed by atoms with van der Waals surface area (Å²) < 4.78 is 1.34. The molecule has 1 unspecified atom stereocenters. The van der Waals surface area contributed by atoms with E-state index in [1.54, 1.807) is 0 Å². The smallest absolute Gasteiger partial charge is 0.330 e. The van der Waals surface area contributed by atoms with Crippen LogP contribution in [0, 0.1) is 11.8 Å². The molecule has 0 saturated carbocycles. The second-order valence-corrected chi connectivity index (χ2v) is 6.65. The summed E-state index contributed by atoms with van der Waals surface area (Å²) in [7, 11) is 0. The van der Waals surface area contributed by atoms with Crippen LogP contribution in [0.3, 0.4) is 0 Å². The van der Waals surface area contributed by atoms with Crippen LogP contribution < -0.4 is 21.9 Å².